The number of anilines is 1. The van der Waals surface area contributed by atoms with Gasteiger partial charge >= 0.3 is 0 Å². The first-order chi connectivity index (χ1) is 10.1. The van der Waals surface area contributed by atoms with Crippen LogP contribution in [-0.4, -0.2) is 11.7 Å². The molecule has 21 heavy (non-hydrogen) atoms. The van der Waals surface area contributed by atoms with Crippen molar-refractivity contribution in [1.29, 1.82) is 0 Å². The summed E-state index contributed by atoms with van der Waals surface area (Å²) in [6.07, 6.45) is 0.304. The summed E-state index contributed by atoms with van der Waals surface area (Å²) >= 11 is 0. The fraction of sp³-hybridized carbons (Fsp3) is 0.333. The van der Waals surface area contributed by atoms with Crippen LogP contribution in [0.1, 0.15) is 35.3 Å². The molecule has 0 aromatic heterocycles. The van der Waals surface area contributed by atoms with Crippen molar-refractivity contribution in [2.24, 2.45) is 0 Å². The van der Waals surface area contributed by atoms with E-state index >= 15 is 0 Å². The number of aliphatic hydroxyl groups is 1. The number of rotatable bonds is 2. The molecule has 0 spiro atoms. The molecule has 2 nitrogen and oxygen atoms in total. The van der Waals surface area contributed by atoms with Gasteiger partial charge in [0.2, 0.25) is 0 Å². The molecular weight excluding hydrogens is 265 g/mol. The summed E-state index contributed by atoms with van der Waals surface area (Å²) in [5.74, 6) is -0.257. The van der Waals surface area contributed by atoms with Crippen molar-refractivity contribution < 1.29 is 9.50 Å². The second kappa shape index (κ2) is 5.49. The molecule has 1 aliphatic rings. The standard InChI is InChI=1S/C18H20FNO/c1-12-9-18(16(13(2)21)10-17(12)19)20-8-7-14-5-3-4-6-15(14)11-20/h3-6,9-10,13,21H,7-8,11H2,1-2H3. The van der Waals surface area contributed by atoms with Crippen molar-refractivity contribution in [2.45, 2.75) is 32.9 Å². The molecule has 0 amide bonds. The fourth-order valence-electron chi connectivity index (χ4n) is 2.99. The van der Waals surface area contributed by atoms with Gasteiger partial charge in [-0.25, -0.2) is 4.39 Å². The number of aliphatic hydroxyl groups excluding tert-OH is 1. The van der Waals surface area contributed by atoms with Gasteiger partial charge in [0, 0.05) is 24.3 Å². The Balaban J connectivity index is 2.00. The molecule has 0 aliphatic carbocycles. The lowest BCUT2D eigenvalue weighted by Gasteiger charge is -2.33. The first-order valence-corrected chi connectivity index (χ1v) is 7.36. The van der Waals surface area contributed by atoms with Crippen LogP contribution in [0.4, 0.5) is 10.1 Å². The number of aryl methyl sites for hydroxylation is 1. The van der Waals surface area contributed by atoms with Crippen molar-refractivity contribution in [1.82, 2.24) is 0 Å². The maximum atomic E-state index is 13.8. The molecule has 2 aromatic rings. The smallest absolute Gasteiger partial charge is 0.126 e. The summed E-state index contributed by atoms with van der Waals surface area (Å²) in [6.45, 7) is 5.15. The quantitative estimate of drug-likeness (QED) is 0.908. The van der Waals surface area contributed by atoms with Crippen LogP contribution < -0.4 is 4.90 Å². The Hall–Kier alpha value is -1.87. The zero-order valence-electron chi connectivity index (χ0n) is 12.4. The van der Waals surface area contributed by atoms with Crippen molar-refractivity contribution >= 4 is 5.69 Å². The summed E-state index contributed by atoms with van der Waals surface area (Å²) in [6, 6.07) is 11.7. The van der Waals surface area contributed by atoms with E-state index in [0.717, 1.165) is 25.2 Å². The molecule has 1 heterocycles. The minimum Gasteiger partial charge on any atom is -0.389 e. The Labute approximate surface area is 124 Å². The molecule has 110 valence electrons. The Morgan fingerprint density at radius 1 is 1.19 bits per heavy atom. The van der Waals surface area contributed by atoms with Crippen molar-refractivity contribution in [3.05, 3.63) is 64.5 Å². The van der Waals surface area contributed by atoms with E-state index in [-0.39, 0.29) is 5.82 Å². The molecule has 3 rings (SSSR count). The molecular formula is C18H20FNO. The highest BCUT2D eigenvalue weighted by Gasteiger charge is 2.21. The van der Waals surface area contributed by atoms with Crippen LogP contribution in [0.2, 0.25) is 0 Å². The number of fused-ring (bicyclic) bond motifs is 1. The predicted octanol–water partition coefficient (Wildman–Crippen LogP) is 3.75. The van der Waals surface area contributed by atoms with E-state index in [1.54, 1.807) is 13.8 Å². The molecule has 0 fully saturated rings. The van der Waals surface area contributed by atoms with Gasteiger partial charge in [-0.1, -0.05) is 24.3 Å². The summed E-state index contributed by atoms with van der Waals surface area (Å²) in [5, 5.41) is 9.95. The monoisotopic (exact) mass is 285 g/mol. The van der Waals surface area contributed by atoms with Gasteiger partial charge < -0.3 is 10.0 Å². The van der Waals surface area contributed by atoms with E-state index in [2.05, 4.69) is 23.1 Å². The average molecular weight is 285 g/mol. The minimum atomic E-state index is -0.674. The SMILES string of the molecule is Cc1cc(N2CCc3ccccc3C2)c(C(C)O)cc1F. The van der Waals surface area contributed by atoms with Crippen LogP contribution in [0.5, 0.6) is 0 Å². The second-order valence-electron chi connectivity index (χ2n) is 5.78. The molecule has 3 heteroatoms. The van der Waals surface area contributed by atoms with E-state index < -0.39 is 6.10 Å². The zero-order valence-corrected chi connectivity index (χ0v) is 12.4. The molecule has 1 N–H and O–H groups in total. The number of hydrogen-bond acceptors (Lipinski definition) is 2. The highest BCUT2D eigenvalue weighted by atomic mass is 19.1. The van der Waals surface area contributed by atoms with E-state index in [1.807, 2.05) is 12.1 Å². The van der Waals surface area contributed by atoms with Gasteiger partial charge in [0.15, 0.2) is 0 Å². The second-order valence-corrected chi connectivity index (χ2v) is 5.78. The summed E-state index contributed by atoms with van der Waals surface area (Å²) < 4.78 is 13.8. The van der Waals surface area contributed by atoms with Crippen molar-refractivity contribution in [3.8, 4) is 0 Å². The van der Waals surface area contributed by atoms with Crippen LogP contribution in [0.15, 0.2) is 36.4 Å². The Morgan fingerprint density at radius 2 is 1.90 bits per heavy atom. The van der Waals surface area contributed by atoms with Gasteiger partial charge in [0.1, 0.15) is 5.82 Å². The number of nitrogens with zero attached hydrogens (tertiary/aromatic N) is 1. The van der Waals surface area contributed by atoms with Crippen LogP contribution in [-0.2, 0) is 13.0 Å². The van der Waals surface area contributed by atoms with Gasteiger partial charge in [0.05, 0.1) is 6.10 Å². The van der Waals surface area contributed by atoms with Crippen LogP contribution in [0.25, 0.3) is 0 Å². The number of benzene rings is 2. The van der Waals surface area contributed by atoms with E-state index in [4.69, 9.17) is 0 Å². The molecule has 0 saturated heterocycles. The molecule has 2 aromatic carbocycles. The number of halogens is 1. The normalized spacial score (nSPS) is 15.7. The lowest BCUT2D eigenvalue weighted by atomic mass is 9.97. The van der Waals surface area contributed by atoms with E-state index in [0.29, 0.717) is 11.1 Å². The maximum Gasteiger partial charge on any atom is 0.126 e. The third-order valence-corrected chi connectivity index (χ3v) is 4.23. The third kappa shape index (κ3) is 2.66. The Bertz CT molecular complexity index is 666. The van der Waals surface area contributed by atoms with Gasteiger partial charge in [0.25, 0.3) is 0 Å². The highest BCUT2D eigenvalue weighted by molar-refractivity contribution is 5.58. The average Bonchev–Trinajstić information content (AvgIpc) is 2.49. The maximum absolute atomic E-state index is 13.8. The summed E-state index contributed by atoms with van der Waals surface area (Å²) in [7, 11) is 0. The molecule has 1 atom stereocenters. The molecule has 1 aliphatic heterocycles. The van der Waals surface area contributed by atoms with E-state index in [9.17, 15) is 9.50 Å². The Kier molecular flexibility index (Phi) is 3.68. The number of hydrogen-bond donors (Lipinski definition) is 1. The first-order valence-electron chi connectivity index (χ1n) is 7.36. The van der Waals surface area contributed by atoms with Crippen LogP contribution >= 0.6 is 0 Å². The lowest BCUT2D eigenvalue weighted by molar-refractivity contribution is 0.199. The molecule has 0 bridgehead atoms. The summed E-state index contributed by atoms with van der Waals surface area (Å²) in [4.78, 5) is 2.23. The van der Waals surface area contributed by atoms with Crippen molar-refractivity contribution in [3.63, 3.8) is 0 Å². The zero-order chi connectivity index (χ0) is 15.0. The topological polar surface area (TPSA) is 23.5 Å². The molecule has 1 unspecified atom stereocenters. The Morgan fingerprint density at radius 3 is 2.62 bits per heavy atom. The van der Waals surface area contributed by atoms with E-state index in [1.165, 1.54) is 17.2 Å². The van der Waals surface area contributed by atoms with Crippen LogP contribution in [0.3, 0.4) is 0 Å². The predicted molar refractivity (Wildman–Crippen MR) is 83.0 cm³/mol. The van der Waals surface area contributed by atoms with Gasteiger partial charge in [-0.05, 0) is 49.1 Å². The molecule has 0 radical (unpaired) electrons. The lowest BCUT2D eigenvalue weighted by Crippen LogP contribution is -2.31. The third-order valence-electron chi connectivity index (χ3n) is 4.23. The minimum absolute atomic E-state index is 0.257. The highest BCUT2D eigenvalue weighted by Crippen LogP contribution is 2.32. The summed E-state index contributed by atoms with van der Waals surface area (Å²) in [5.41, 5.74) is 4.91. The fourth-order valence-corrected chi connectivity index (χ4v) is 2.99. The molecule has 0 saturated carbocycles. The van der Waals surface area contributed by atoms with Gasteiger partial charge in [-0.3, -0.25) is 0 Å². The first kappa shape index (κ1) is 14.1. The van der Waals surface area contributed by atoms with Crippen molar-refractivity contribution in [2.75, 3.05) is 11.4 Å². The van der Waals surface area contributed by atoms with Gasteiger partial charge in [-0.2, -0.15) is 0 Å². The largest absolute Gasteiger partial charge is 0.389 e. The van der Waals surface area contributed by atoms with Crippen LogP contribution in [0, 0.1) is 12.7 Å². The van der Waals surface area contributed by atoms with Gasteiger partial charge in [-0.15, -0.1) is 0 Å².